The number of rotatable bonds is 4. The van der Waals surface area contributed by atoms with Crippen molar-refractivity contribution in [2.24, 2.45) is 0 Å². The summed E-state index contributed by atoms with van der Waals surface area (Å²) in [5.41, 5.74) is 3.59. The zero-order valence-electron chi connectivity index (χ0n) is 13.5. The fraction of sp³-hybridized carbons (Fsp3) is 0.278. The second-order valence-electron chi connectivity index (χ2n) is 5.85. The second-order valence-corrected chi connectivity index (χ2v) is 5.85. The van der Waals surface area contributed by atoms with Crippen molar-refractivity contribution < 1.29 is 0 Å². The van der Waals surface area contributed by atoms with Crippen LogP contribution in [0, 0.1) is 18.3 Å². The fourth-order valence-corrected chi connectivity index (χ4v) is 2.50. The van der Waals surface area contributed by atoms with Gasteiger partial charge in [-0.15, -0.1) is 0 Å². The topological polar surface area (TPSA) is 66.5 Å². The molecule has 5 nitrogen and oxygen atoms in total. The third-order valence-electron chi connectivity index (χ3n) is 3.84. The summed E-state index contributed by atoms with van der Waals surface area (Å²) < 4.78 is 1.96. The minimum Gasteiger partial charge on any atom is -0.366 e. The van der Waals surface area contributed by atoms with E-state index in [1.165, 1.54) is 0 Å². The molecule has 1 aromatic carbocycles. The molecule has 0 unspecified atom stereocenters. The van der Waals surface area contributed by atoms with E-state index in [2.05, 4.69) is 41.5 Å². The molecule has 5 heteroatoms. The van der Waals surface area contributed by atoms with E-state index < -0.39 is 0 Å². The van der Waals surface area contributed by atoms with Gasteiger partial charge in [0.1, 0.15) is 5.82 Å². The predicted molar refractivity (Wildman–Crippen MR) is 91.1 cm³/mol. The summed E-state index contributed by atoms with van der Waals surface area (Å²) in [7, 11) is 0. The highest BCUT2D eigenvalue weighted by molar-refractivity contribution is 5.86. The maximum atomic E-state index is 9.33. The van der Waals surface area contributed by atoms with E-state index in [9.17, 15) is 5.26 Å². The summed E-state index contributed by atoms with van der Waals surface area (Å²) >= 11 is 0. The highest BCUT2D eigenvalue weighted by atomic mass is 15.3. The van der Waals surface area contributed by atoms with Crippen LogP contribution in [0.3, 0.4) is 0 Å². The van der Waals surface area contributed by atoms with Crippen molar-refractivity contribution in [3.63, 3.8) is 0 Å². The van der Waals surface area contributed by atoms with Gasteiger partial charge in [-0.25, -0.2) is 4.98 Å². The van der Waals surface area contributed by atoms with Crippen molar-refractivity contribution in [1.82, 2.24) is 14.8 Å². The Morgan fingerprint density at radius 2 is 2.09 bits per heavy atom. The number of nitrogens with one attached hydrogen (secondary N) is 1. The first kappa shape index (κ1) is 15.0. The Hall–Kier alpha value is -2.87. The highest BCUT2D eigenvalue weighted by Gasteiger charge is 2.09. The summed E-state index contributed by atoms with van der Waals surface area (Å²) in [6.45, 7) is 6.85. The lowest BCUT2D eigenvalue weighted by Gasteiger charge is -2.07. The van der Waals surface area contributed by atoms with E-state index >= 15 is 0 Å². The van der Waals surface area contributed by atoms with Gasteiger partial charge in [0.25, 0.3) is 0 Å². The van der Waals surface area contributed by atoms with Crippen LogP contribution >= 0.6 is 0 Å². The Kier molecular flexibility index (Phi) is 3.98. The Labute approximate surface area is 135 Å². The van der Waals surface area contributed by atoms with Crippen LogP contribution in [0.1, 0.15) is 36.7 Å². The molecule has 116 valence electrons. The molecule has 3 rings (SSSR count). The van der Waals surface area contributed by atoms with E-state index in [0.717, 1.165) is 22.2 Å². The molecule has 0 amide bonds. The van der Waals surface area contributed by atoms with Gasteiger partial charge >= 0.3 is 0 Å². The molecule has 2 heterocycles. The number of nitriles is 1. The van der Waals surface area contributed by atoms with E-state index in [1.807, 2.05) is 35.9 Å². The van der Waals surface area contributed by atoms with Gasteiger partial charge in [-0.2, -0.15) is 10.4 Å². The number of benzene rings is 1. The third kappa shape index (κ3) is 3.02. The standard InChI is InChI=1S/C18H19N5/c1-12(2)23-11-15(13(3)22-23)10-20-18-8-14(9-19)16-6-4-5-7-17(16)21-18/h4-8,11-12H,10H2,1-3H3,(H,20,21). The number of hydrogen-bond donors (Lipinski definition) is 1. The average molecular weight is 305 g/mol. The molecule has 0 bridgehead atoms. The Morgan fingerprint density at radius 1 is 1.30 bits per heavy atom. The molecule has 0 saturated carbocycles. The monoisotopic (exact) mass is 305 g/mol. The second kappa shape index (κ2) is 6.09. The predicted octanol–water partition coefficient (Wildman–Crippen LogP) is 3.80. The minimum atomic E-state index is 0.339. The van der Waals surface area contributed by atoms with Crippen LogP contribution in [0.2, 0.25) is 0 Å². The Morgan fingerprint density at radius 3 is 2.78 bits per heavy atom. The lowest BCUT2D eigenvalue weighted by atomic mass is 10.1. The van der Waals surface area contributed by atoms with Gasteiger partial charge in [0.15, 0.2) is 0 Å². The van der Waals surface area contributed by atoms with Crippen LogP contribution in [-0.2, 0) is 6.54 Å². The Bertz CT molecular complexity index is 886. The normalized spacial score (nSPS) is 10.9. The third-order valence-corrected chi connectivity index (χ3v) is 3.84. The van der Waals surface area contributed by atoms with Crippen molar-refractivity contribution in [1.29, 1.82) is 5.26 Å². The molecule has 0 saturated heterocycles. The molecule has 23 heavy (non-hydrogen) atoms. The van der Waals surface area contributed by atoms with Crippen molar-refractivity contribution in [2.75, 3.05) is 5.32 Å². The molecule has 3 aromatic rings. The number of fused-ring (bicyclic) bond motifs is 1. The summed E-state index contributed by atoms with van der Waals surface area (Å²) in [5, 5.41) is 18.0. The number of anilines is 1. The lowest BCUT2D eigenvalue weighted by Crippen LogP contribution is -2.03. The minimum absolute atomic E-state index is 0.339. The van der Waals surface area contributed by atoms with Crippen molar-refractivity contribution in [3.8, 4) is 6.07 Å². The van der Waals surface area contributed by atoms with Crippen molar-refractivity contribution >= 4 is 16.7 Å². The van der Waals surface area contributed by atoms with Crippen LogP contribution in [0.25, 0.3) is 10.9 Å². The fourth-order valence-electron chi connectivity index (χ4n) is 2.50. The molecule has 0 aliphatic carbocycles. The van der Waals surface area contributed by atoms with Gasteiger partial charge < -0.3 is 5.32 Å². The number of aryl methyl sites for hydroxylation is 1. The molecule has 0 aliphatic rings. The Balaban J connectivity index is 1.86. The molecular formula is C18H19N5. The summed E-state index contributed by atoms with van der Waals surface area (Å²) in [6, 6.07) is 12.1. The van der Waals surface area contributed by atoms with Crippen LogP contribution in [0.4, 0.5) is 5.82 Å². The first-order valence-corrected chi connectivity index (χ1v) is 7.67. The van der Waals surface area contributed by atoms with Crippen LogP contribution in [0.15, 0.2) is 36.5 Å². The van der Waals surface area contributed by atoms with Gasteiger partial charge in [-0.05, 0) is 32.9 Å². The molecule has 0 fully saturated rings. The van der Waals surface area contributed by atoms with Crippen LogP contribution in [0.5, 0.6) is 0 Å². The largest absolute Gasteiger partial charge is 0.366 e. The van der Waals surface area contributed by atoms with Gasteiger partial charge in [0.05, 0.1) is 22.8 Å². The first-order chi connectivity index (χ1) is 11.1. The van der Waals surface area contributed by atoms with E-state index in [0.29, 0.717) is 24.0 Å². The molecule has 0 atom stereocenters. The maximum absolute atomic E-state index is 9.33. The first-order valence-electron chi connectivity index (χ1n) is 7.67. The van der Waals surface area contributed by atoms with Gasteiger partial charge in [-0.1, -0.05) is 18.2 Å². The van der Waals surface area contributed by atoms with Crippen molar-refractivity contribution in [2.45, 2.75) is 33.4 Å². The number of nitrogens with zero attached hydrogens (tertiary/aromatic N) is 4. The highest BCUT2D eigenvalue weighted by Crippen LogP contribution is 2.21. The van der Waals surface area contributed by atoms with Gasteiger partial charge in [0.2, 0.25) is 0 Å². The summed E-state index contributed by atoms with van der Waals surface area (Å²) in [4.78, 5) is 4.58. The van der Waals surface area contributed by atoms with Crippen LogP contribution < -0.4 is 5.32 Å². The number of para-hydroxylation sites is 1. The van der Waals surface area contributed by atoms with Gasteiger partial charge in [0, 0.05) is 29.7 Å². The zero-order valence-corrected chi connectivity index (χ0v) is 13.5. The van der Waals surface area contributed by atoms with E-state index in [4.69, 9.17) is 0 Å². The maximum Gasteiger partial charge on any atom is 0.128 e. The summed E-state index contributed by atoms with van der Waals surface area (Å²) in [5.74, 6) is 0.706. The molecular weight excluding hydrogens is 286 g/mol. The summed E-state index contributed by atoms with van der Waals surface area (Å²) in [6.07, 6.45) is 2.05. The van der Waals surface area contributed by atoms with Gasteiger partial charge in [-0.3, -0.25) is 4.68 Å². The van der Waals surface area contributed by atoms with Crippen LogP contribution in [-0.4, -0.2) is 14.8 Å². The molecule has 2 aromatic heterocycles. The van der Waals surface area contributed by atoms with E-state index in [-0.39, 0.29) is 0 Å². The smallest absolute Gasteiger partial charge is 0.128 e. The number of pyridine rings is 1. The molecule has 0 aliphatic heterocycles. The number of aromatic nitrogens is 3. The molecule has 0 spiro atoms. The zero-order chi connectivity index (χ0) is 16.4. The quantitative estimate of drug-likeness (QED) is 0.796. The average Bonchev–Trinajstić information content (AvgIpc) is 2.93. The molecule has 1 N–H and O–H groups in total. The lowest BCUT2D eigenvalue weighted by molar-refractivity contribution is 0.529. The SMILES string of the molecule is Cc1nn(C(C)C)cc1CNc1cc(C#N)c2ccccc2n1. The number of hydrogen-bond acceptors (Lipinski definition) is 4. The van der Waals surface area contributed by atoms with Crippen molar-refractivity contribution in [3.05, 3.63) is 53.3 Å². The molecule has 0 radical (unpaired) electrons. The van der Waals surface area contributed by atoms with E-state index in [1.54, 1.807) is 6.07 Å².